The minimum Gasteiger partial charge on any atom is -0.493 e. The fourth-order valence-electron chi connectivity index (χ4n) is 2.88. The molecule has 0 saturated heterocycles. The lowest BCUT2D eigenvalue weighted by molar-refractivity contribution is 0.0977. The Labute approximate surface area is 183 Å². The number of carbonyl (C=O) groups excluding carboxylic acids is 1. The number of para-hydroxylation sites is 1. The first-order valence-electron chi connectivity index (χ1n) is 9.42. The molecular weight excluding hydrogens is 414 g/mol. The van der Waals surface area contributed by atoms with E-state index in [1.54, 1.807) is 0 Å². The van der Waals surface area contributed by atoms with Crippen LogP contribution < -0.4 is 15.4 Å². The molecule has 0 bridgehead atoms. The number of ether oxygens (including phenoxy) is 1. The predicted molar refractivity (Wildman–Crippen MR) is 125 cm³/mol. The van der Waals surface area contributed by atoms with Crippen LogP contribution in [-0.4, -0.2) is 22.6 Å². The van der Waals surface area contributed by atoms with Crippen molar-refractivity contribution < 1.29 is 9.53 Å². The average molecular weight is 434 g/mol. The molecule has 0 aliphatic carbocycles. The first-order chi connectivity index (χ1) is 14.7. The van der Waals surface area contributed by atoms with Crippen LogP contribution >= 0.6 is 23.6 Å². The molecule has 0 radical (unpaired) electrons. The van der Waals surface area contributed by atoms with Crippen LogP contribution in [0.2, 0.25) is 0 Å². The van der Waals surface area contributed by atoms with Gasteiger partial charge in [0.05, 0.1) is 16.8 Å². The van der Waals surface area contributed by atoms with Gasteiger partial charge in [0.1, 0.15) is 5.75 Å². The number of thiocarbonyl (C=S) groups is 1. The van der Waals surface area contributed by atoms with Gasteiger partial charge in [-0.15, -0.1) is 11.3 Å². The number of rotatable bonds is 6. The molecule has 0 saturated carbocycles. The van der Waals surface area contributed by atoms with E-state index in [4.69, 9.17) is 17.0 Å². The van der Waals surface area contributed by atoms with Crippen molar-refractivity contribution >= 4 is 50.5 Å². The molecule has 4 aromatic rings. The highest BCUT2D eigenvalue weighted by Gasteiger charge is 2.13. The molecule has 3 aromatic carbocycles. The third-order valence-electron chi connectivity index (χ3n) is 4.31. The highest BCUT2D eigenvalue weighted by molar-refractivity contribution is 7.80. The van der Waals surface area contributed by atoms with E-state index in [0.29, 0.717) is 11.6 Å². The quantitative estimate of drug-likeness (QED) is 0.417. The Morgan fingerprint density at radius 2 is 1.80 bits per heavy atom. The molecule has 1 heterocycles. The molecule has 30 heavy (non-hydrogen) atoms. The van der Waals surface area contributed by atoms with Gasteiger partial charge in [-0.3, -0.25) is 10.1 Å². The minimum atomic E-state index is -0.330. The zero-order valence-electron chi connectivity index (χ0n) is 16.0. The molecule has 0 spiro atoms. The second-order valence-electron chi connectivity index (χ2n) is 6.51. The lowest BCUT2D eigenvalue weighted by Gasteiger charge is -2.11. The minimum absolute atomic E-state index is 0.209. The van der Waals surface area contributed by atoms with Gasteiger partial charge < -0.3 is 10.1 Å². The van der Waals surface area contributed by atoms with Crippen LogP contribution in [0.5, 0.6) is 5.75 Å². The Bertz CT molecular complexity index is 1140. The van der Waals surface area contributed by atoms with Gasteiger partial charge >= 0.3 is 0 Å². The molecule has 0 unspecified atom stereocenters. The molecule has 7 heteroatoms. The fourth-order valence-corrected chi connectivity index (χ4v) is 3.95. The Hall–Kier alpha value is -3.29. The molecule has 0 aliphatic heterocycles. The van der Waals surface area contributed by atoms with E-state index < -0.39 is 0 Å². The standard InChI is InChI=1S/C23H19N3O2S2/c27-21(22-25-19-11-4-5-12-20(19)30-22)26-23(29)24-17-9-6-10-18(15-17)28-14-13-16-7-2-1-3-8-16/h1-12,15H,13-14H2,(H2,24,26,27,29). The zero-order valence-corrected chi connectivity index (χ0v) is 17.6. The summed E-state index contributed by atoms with van der Waals surface area (Å²) >= 11 is 6.61. The number of nitrogens with one attached hydrogen (secondary N) is 2. The number of nitrogens with zero attached hydrogens (tertiary/aromatic N) is 1. The van der Waals surface area contributed by atoms with Crippen LogP contribution in [0, 0.1) is 0 Å². The van der Waals surface area contributed by atoms with E-state index >= 15 is 0 Å². The summed E-state index contributed by atoms with van der Waals surface area (Å²) in [5.74, 6) is 0.403. The second-order valence-corrected chi connectivity index (χ2v) is 7.95. The number of benzene rings is 3. The maximum Gasteiger partial charge on any atom is 0.286 e. The lowest BCUT2D eigenvalue weighted by atomic mass is 10.2. The van der Waals surface area contributed by atoms with Gasteiger partial charge in [-0.2, -0.15) is 0 Å². The smallest absolute Gasteiger partial charge is 0.286 e. The Morgan fingerprint density at radius 1 is 1.00 bits per heavy atom. The number of fused-ring (bicyclic) bond motifs is 1. The fraction of sp³-hybridized carbons (Fsp3) is 0.0870. The van der Waals surface area contributed by atoms with Crippen molar-refractivity contribution in [1.29, 1.82) is 0 Å². The van der Waals surface area contributed by atoms with Crippen molar-refractivity contribution in [1.82, 2.24) is 10.3 Å². The Kier molecular flexibility index (Phi) is 6.32. The van der Waals surface area contributed by atoms with E-state index in [-0.39, 0.29) is 11.0 Å². The third-order valence-corrected chi connectivity index (χ3v) is 5.55. The van der Waals surface area contributed by atoms with Crippen LogP contribution in [0.25, 0.3) is 10.2 Å². The van der Waals surface area contributed by atoms with E-state index in [9.17, 15) is 4.79 Å². The number of hydrogen-bond donors (Lipinski definition) is 2. The molecule has 1 aromatic heterocycles. The van der Waals surface area contributed by atoms with Gasteiger partial charge in [0.15, 0.2) is 10.1 Å². The Morgan fingerprint density at radius 3 is 2.63 bits per heavy atom. The predicted octanol–water partition coefficient (Wildman–Crippen LogP) is 5.04. The number of amides is 1. The summed E-state index contributed by atoms with van der Waals surface area (Å²) in [6, 6.07) is 25.3. The maximum absolute atomic E-state index is 12.4. The molecule has 1 amide bonds. The maximum atomic E-state index is 12.4. The summed E-state index contributed by atoms with van der Waals surface area (Å²) in [6.45, 7) is 0.576. The van der Waals surface area contributed by atoms with Crippen LogP contribution in [0.1, 0.15) is 15.4 Å². The lowest BCUT2D eigenvalue weighted by Crippen LogP contribution is -2.34. The second kappa shape index (κ2) is 9.47. The monoisotopic (exact) mass is 433 g/mol. The highest BCUT2D eigenvalue weighted by Crippen LogP contribution is 2.21. The van der Waals surface area contributed by atoms with Crippen molar-refractivity contribution in [2.24, 2.45) is 0 Å². The molecule has 0 atom stereocenters. The van der Waals surface area contributed by atoms with Crippen LogP contribution in [-0.2, 0) is 6.42 Å². The van der Waals surface area contributed by atoms with E-state index in [0.717, 1.165) is 28.1 Å². The van der Waals surface area contributed by atoms with Crippen LogP contribution in [0.15, 0.2) is 78.9 Å². The van der Waals surface area contributed by atoms with E-state index in [1.165, 1.54) is 16.9 Å². The summed E-state index contributed by atoms with van der Waals surface area (Å²) in [5, 5.41) is 6.28. The largest absolute Gasteiger partial charge is 0.493 e. The molecule has 0 fully saturated rings. The van der Waals surface area contributed by atoms with Gasteiger partial charge in [0.2, 0.25) is 0 Å². The summed E-state index contributed by atoms with van der Waals surface area (Å²) in [4.78, 5) is 16.8. The normalized spacial score (nSPS) is 10.5. The van der Waals surface area contributed by atoms with Gasteiger partial charge in [0.25, 0.3) is 5.91 Å². The third kappa shape index (κ3) is 5.20. The molecule has 0 aliphatic rings. The van der Waals surface area contributed by atoms with Crippen molar-refractivity contribution in [3.63, 3.8) is 0 Å². The number of aromatic nitrogens is 1. The molecule has 2 N–H and O–H groups in total. The van der Waals surface area contributed by atoms with Crippen LogP contribution in [0.3, 0.4) is 0 Å². The zero-order chi connectivity index (χ0) is 20.8. The number of thiazole rings is 1. The van der Waals surface area contributed by atoms with Crippen molar-refractivity contribution in [2.45, 2.75) is 6.42 Å². The summed E-state index contributed by atoms with van der Waals surface area (Å²) in [7, 11) is 0. The van der Waals surface area contributed by atoms with Crippen molar-refractivity contribution in [3.05, 3.63) is 89.4 Å². The highest BCUT2D eigenvalue weighted by atomic mass is 32.1. The molecule has 4 rings (SSSR count). The van der Waals surface area contributed by atoms with Crippen molar-refractivity contribution in [2.75, 3.05) is 11.9 Å². The summed E-state index contributed by atoms with van der Waals surface area (Å²) in [6.07, 6.45) is 0.829. The molecule has 5 nitrogen and oxygen atoms in total. The van der Waals surface area contributed by atoms with Gasteiger partial charge in [-0.25, -0.2) is 4.98 Å². The number of anilines is 1. The first kappa shape index (κ1) is 20.0. The van der Waals surface area contributed by atoms with E-state index in [2.05, 4.69) is 27.8 Å². The van der Waals surface area contributed by atoms with Gasteiger partial charge in [-0.05, 0) is 42.0 Å². The number of hydrogen-bond acceptors (Lipinski definition) is 5. The average Bonchev–Trinajstić information content (AvgIpc) is 3.19. The topological polar surface area (TPSA) is 63.2 Å². The van der Waals surface area contributed by atoms with Crippen molar-refractivity contribution in [3.8, 4) is 5.75 Å². The van der Waals surface area contributed by atoms with Crippen LogP contribution in [0.4, 0.5) is 5.69 Å². The van der Waals surface area contributed by atoms with Gasteiger partial charge in [0, 0.05) is 18.2 Å². The Balaban J connectivity index is 1.31. The number of carbonyl (C=O) groups is 1. The SMILES string of the molecule is O=C(NC(=S)Nc1cccc(OCCc2ccccc2)c1)c1nc2ccccc2s1. The molecular formula is C23H19N3O2S2. The summed E-state index contributed by atoms with van der Waals surface area (Å²) < 4.78 is 6.80. The van der Waals surface area contributed by atoms with Gasteiger partial charge in [-0.1, -0.05) is 48.5 Å². The molecule has 150 valence electrons. The first-order valence-corrected chi connectivity index (χ1v) is 10.6. The summed E-state index contributed by atoms with van der Waals surface area (Å²) in [5.41, 5.74) is 2.76. The van der Waals surface area contributed by atoms with E-state index in [1.807, 2.05) is 66.7 Å².